The van der Waals surface area contributed by atoms with Crippen LogP contribution >= 0.6 is 15.9 Å². The zero-order valence-corrected chi connectivity index (χ0v) is 14.5. The van der Waals surface area contributed by atoms with Gasteiger partial charge >= 0.3 is 0 Å². The van der Waals surface area contributed by atoms with E-state index in [1.165, 1.54) is 5.56 Å². The topological polar surface area (TPSA) is 21.3 Å². The molecule has 1 N–H and O–H groups in total. The van der Waals surface area contributed by atoms with Crippen molar-refractivity contribution in [3.63, 3.8) is 0 Å². The van der Waals surface area contributed by atoms with E-state index in [0.29, 0.717) is 0 Å². The summed E-state index contributed by atoms with van der Waals surface area (Å²) in [4.78, 5) is 0. The van der Waals surface area contributed by atoms with Crippen LogP contribution < -0.4 is 10.1 Å². The average Bonchev–Trinajstić information content (AvgIpc) is 2.27. The van der Waals surface area contributed by atoms with Gasteiger partial charge in [-0.3, -0.25) is 0 Å². The molecule has 3 heteroatoms. The van der Waals surface area contributed by atoms with E-state index < -0.39 is 0 Å². The van der Waals surface area contributed by atoms with Crippen molar-refractivity contribution in [3.8, 4) is 5.75 Å². The van der Waals surface area contributed by atoms with Crippen molar-refractivity contribution >= 4 is 15.9 Å². The fourth-order valence-corrected chi connectivity index (χ4v) is 2.45. The Kier molecular flexibility index (Phi) is 5.45. The smallest absolute Gasteiger partial charge is 0.122 e. The van der Waals surface area contributed by atoms with Gasteiger partial charge in [0, 0.05) is 15.6 Å². The molecule has 0 saturated heterocycles. The second-order valence-electron chi connectivity index (χ2n) is 6.66. The van der Waals surface area contributed by atoms with Gasteiger partial charge in [-0.1, -0.05) is 29.8 Å². The normalized spacial score (nSPS) is 12.6. The van der Waals surface area contributed by atoms with E-state index in [4.69, 9.17) is 4.74 Å². The van der Waals surface area contributed by atoms with Gasteiger partial charge in [-0.05, 0) is 57.4 Å². The maximum atomic E-state index is 5.49. The molecule has 1 aromatic rings. The van der Waals surface area contributed by atoms with Crippen LogP contribution in [0.1, 0.15) is 46.6 Å². The third-order valence-electron chi connectivity index (χ3n) is 3.30. The summed E-state index contributed by atoms with van der Waals surface area (Å²) in [5.41, 5.74) is 1.49. The lowest BCUT2D eigenvalue weighted by Crippen LogP contribution is -2.38. The van der Waals surface area contributed by atoms with Crippen LogP contribution in [0.4, 0.5) is 0 Å². The summed E-state index contributed by atoms with van der Waals surface area (Å²) in [5.74, 6) is 0.962. The van der Waals surface area contributed by atoms with Crippen molar-refractivity contribution in [3.05, 3.63) is 28.2 Å². The van der Waals surface area contributed by atoms with E-state index in [1.807, 2.05) is 12.1 Å². The second kappa shape index (κ2) is 6.27. The molecule has 2 nitrogen and oxygen atoms in total. The molecule has 0 atom stereocenters. The predicted molar refractivity (Wildman–Crippen MR) is 86.1 cm³/mol. The fourth-order valence-electron chi connectivity index (χ4n) is 2.09. The van der Waals surface area contributed by atoms with Gasteiger partial charge in [-0.2, -0.15) is 0 Å². The number of hydrogen-bond donors (Lipinski definition) is 1. The molecule has 1 rings (SSSR count). The Morgan fingerprint density at radius 1 is 1.16 bits per heavy atom. The minimum Gasteiger partial charge on any atom is -0.496 e. The number of rotatable bonds is 5. The molecule has 108 valence electrons. The number of hydrogen-bond acceptors (Lipinski definition) is 2. The van der Waals surface area contributed by atoms with Crippen molar-refractivity contribution in [1.82, 2.24) is 5.32 Å². The number of halogens is 1. The zero-order chi connectivity index (χ0) is 14.7. The third kappa shape index (κ3) is 5.15. The minimum atomic E-state index is 0.0768. The van der Waals surface area contributed by atoms with E-state index in [9.17, 15) is 0 Å². The first-order valence-corrected chi connectivity index (χ1v) is 7.54. The molecule has 1 aromatic carbocycles. The van der Waals surface area contributed by atoms with Gasteiger partial charge in [0.1, 0.15) is 5.75 Å². The molecule has 0 bridgehead atoms. The highest BCUT2D eigenvalue weighted by molar-refractivity contribution is 9.10. The van der Waals surface area contributed by atoms with E-state index in [1.54, 1.807) is 7.11 Å². The lowest BCUT2D eigenvalue weighted by molar-refractivity contribution is 0.360. The van der Waals surface area contributed by atoms with Crippen LogP contribution in [0.2, 0.25) is 0 Å². The van der Waals surface area contributed by atoms with Gasteiger partial charge in [0.2, 0.25) is 0 Å². The van der Waals surface area contributed by atoms with Crippen molar-refractivity contribution in [2.75, 3.05) is 13.7 Å². The Labute approximate surface area is 126 Å². The molecule has 0 aliphatic carbocycles. The van der Waals surface area contributed by atoms with Crippen LogP contribution in [0.25, 0.3) is 0 Å². The lowest BCUT2D eigenvalue weighted by Gasteiger charge is -2.29. The first-order chi connectivity index (χ1) is 8.65. The Morgan fingerprint density at radius 2 is 1.79 bits per heavy atom. The number of ether oxygens (including phenoxy) is 1. The summed E-state index contributed by atoms with van der Waals surface area (Å²) < 4.78 is 6.59. The molecule has 0 spiro atoms. The quantitative estimate of drug-likeness (QED) is 0.858. The summed E-state index contributed by atoms with van der Waals surface area (Å²) in [6.07, 6.45) is 1.07. The van der Waals surface area contributed by atoms with E-state index in [-0.39, 0.29) is 11.0 Å². The van der Waals surface area contributed by atoms with Crippen LogP contribution in [0.15, 0.2) is 22.7 Å². The molecule has 0 heterocycles. The third-order valence-corrected chi connectivity index (χ3v) is 3.79. The van der Waals surface area contributed by atoms with Crippen molar-refractivity contribution in [1.29, 1.82) is 0 Å². The monoisotopic (exact) mass is 327 g/mol. The van der Waals surface area contributed by atoms with Crippen LogP contribution in [0.3, 0.4) is 0 Å². The maximum Gasteiger partial charge on any atom is 0.122 e. The van der Waals surface area contributed by atoms with Crippen LogP contribution in [0.5, 0.6) is 5.75 Å². The molecule has 0 radical (unpaired) electrons. The Bertz CT molecular complexity index is 421. The van der Waals surface area contributed by atoms with Gasteiger partial charge in [0.05, 0.1) is 7.11 Å². The van der Waals surface area contributed by atoms with Gasteiger partial charge in [0.25, 0.3) is 0 Å². The predicted octanol–water partition coefficient (Wildman–Crippen LogP) is 4.51. The van der Waals surface area contributed by atoms with Crippen LogP contribution in [-0.4, -0.2) is 19.2 Å². The van der Waals surface area contributed by atoms with Crippen LogP contribution in [0, 0.1) is 0 Å². The summed E-state index contributed by atoms with van der Waals surface area (Å²) in [5, 5.41) is 3.55. The highest BCUT2D eigenvalue weighted by Gasteiger charge is 2.25. The maximum absolute atomic E-state index is 5.49. The van der Waals surface area contributed by atoms with E-state index in [0.717, 1.165) is 23.2 Å². The highest BCUT2D eigenvalue weighted by atomic mass is 79.9. The fraction of sp³-hybridized carbons (Fsp3) is 0.625. The van der Waals surface area contributed by atoms with Crippen molar-refractivity contribution in [2.24, 2.45) is 0 Å². The molecule has 19 heavy (non-hydrogen) atoms. The van der Waals surface area contributed by atoms with Crippen molar-refractivity contribution in [2.45, 2.75) is 52.0 Å². The summed E-state index contributed by atoms with van der Waals surface area (Å²) >= 11 is 3.55. The summed E-state index contributed by atoms with van der Waals surface area (Å²) in [6, 6.07) is 6.21. The second-order valence-corrected chi connectivity index (χ2v) is 7.57. The SMILES string of the molecule is COc1ccc(Br)cc1C(C)(C)CCNC(C)(C)C. The molecule has 0 aliphatic heterocycles. The van der Waals surface area contributed by atoms with E-state index in [2.05, 4.69) is 61.9 Å². The first kappa shape index (κ1) is 16.5. The Hall–Kier alpha value is -0.540. The van der Waals surface area contributed by atoms with Crippen LogP contribution in [-0.2, 0) is 5.41 Å². The molecule has 0 amide bonds. The molecule has 0 aliphatic rings. The number of nitrogens with one attached hydrogen (secondary N) is 1. The number of benzene rings is 1. The standard InChI is InChI=1S/C16H26BrNO/c1-15(2,3)18-10-9-16(4,5)13-11-12(17)7-8-14(13)19-6/h7-8,11,18H,9-10H2,1-6H3. The first-order valence-electron chi connectivity index (χ1n) is 6.75. The lowest BCUT2D eigenvalue weighted by atomic mass is 9.81. The van der Waals surface area contributed by atoms with Gasteiger partial charge < -0.3 is 10.1 Å². The minimum absolute atomic E-state index is 0.0768. The summed E-state index contributed by atoms with van der Waals surface area (Å²) in [6.45, 7) is 12.1. The molecular weight excluding hydrogens is 302 g/mol. The molecule has 0 unspecified atom stereocenters. The summed E-state index contributed by atoms with van der Waals surface area (Å²) in [7, 11) is 1.73. The Morgan fingerprint density at radius 3 is 2.32 bits per heavy atom. The highest BCUT2D eigenvalue weighted by Crippen LogP contribution is 2.36. The molecular formula is C16H26BrNO. The average molecular weight is 328 g/mol. The largest absolute Gasteiger partial charge is 0.496 e. The number of methoxy groups -OCH3 is 1. The van der Waals surface area contributed by atoms with Gasteiger partial charge in [-0.25, -0.2) is 0 Å². The molecule has 0 fully saturated rings. The molecule has 0 aromatic heterocycles. The molecule has 0 saturated carbocycles. The van der Waals surface area contributed by atoms with Gasteiger partial charge in [0.15, 0.2) is 0 Å². The zero-order valence-electron chi connectivity index (χ0n) is 12.9. The van der Waals surface area contributed by atoms with E-state index >= 15 is 0 Å². The van der Waals surface area contributed by atoms with Gasteiger partial charge in [-0.15, -0.1) is 0 Å². The van der Waals surface area contributed by atoms with Crippen molar-refractivity contribution < 1.29 is 4.74 Å². The Balaban J connectivity index is 2.84.